The molecule has 0 spiro atoms. The van der Waals surface area contributed by atoms with Gasteiger partial charge in [-0.25, -0.2) is 0 Å². The maximum absolute atomic E-state index is 12.4. The number of nitrogens with one attached hydrogen (secondary N) is 4. The summed E-state index contributed by atoms with van der Waals surface area (Å²) in [6, 6.07) is -2.53. The van der Waals surface area contributed by atoms with Gasteiger partial charge in [0.25, 0.3) is 0 Å². The van der Waals surface area contributed by atoms with Crippen molar-refractivity contribution >= 4 is 23.6 Å². The topological polar surface area (TPSA) is 168 Å². The van der Waals surface area contributed by atoms with Crippen LogP contribution >= 0.6 is 0 Å². The highest BCUT2D eigenvalue weighted by Gasteiger charge is 2.29. The molecule has 10 heteroatoms. The predicted molar refractivity (Wildman–Crippen MR) is 104 cm³/mol. The Morgan fingerprint density at radius 3 is 2.14 bits per heavy atom. The summed E-state index contributed by atoms with van der Waals surface area (Å²) >= 11 is 0. The third kappa shape index (κ3) is 7.85. The molecule has 0 aromatic rings. The Hall–Kier alpha value is -2.78. The minimum atomic E-state index is -0.884. The Morgan fingerprint density at radius 1 is 1.00 bits per heavy atom. The minimum absolute atomic E-state index is 0.0406. The number of primary amides is 1. The highest BCUT2D eigenvalue weighted by molar-refractivity contribution is 5.94. The first-order valence-electron chi connectivity index (χ1n) is 9.50. The number of rotatable bonds is 12. The third-order valence-electron chi connectivity index (χ3n) is 4.67. The largest absolute Gasteiger partial charge is 0.386 e. The molecule has 0 aromatic carbocycles. The van der Waals surface area contributed by atoms with E-state index in [-0.39, 0.29) is 11.8 Å². The molecule has 0 saturated heterocycles. The highest BCUT2D eigenvalue weighted by atomic mass is 16.2. The number of hydrogen-bond donors (Lipinski definition) is 6. The van der Waals surface area contributed by atoms with E-state index in [0.717, 1.165) is 19.3 Å². The van der Waals surface area contributed by atoms with Gasteiger partial charge in [-0.2, -0.15) is 0 Å². The summed E-state index contributed by atoms with van der Waals surface area (Å²) in [5.41, 5.74) is 10.6. The van der Waals surface area contributed by atoms with Gasteiger partial charge in [-0.1, -0.05) is 13.0 Å². The van der Waals surface area contributed by atoms with E-state index in [1.807, 2.05) is 0 Å². The zero-order valence-corrected chi connectivity index (χ0v) is 16.5. The van der Waals surface area contributed by atoms with Crippen molar-refractivity contribution in [3.05, 3.63) is 12.4 Å². The smallest absolute Gasteiger partial charge is 0.243 e. The van der Waals surface area contributed by atoms with E-state index in [0.29, 0.717) is 25.2 Å². The highest BCUT2D eigenvalue weighted by Crippen LogP contribution is 2.26. The van der Waals surface area contributed by atoms with Crippen molar-refractivity contribution in [2.24, 2.45) is 17.4 Å². The van der Waals surface area contributed by atoms with E-state index in [1.165, 1.54) is 6.92 Å². The van der Waals surface area contributed by atoms with Crippen molar-refractivity contribution in [2.45, 2.75) is 64.1 Å². The van der Waals surface area contributed by atoms with Crippen LogP contribution in [-0.4, -0.2) is 48.3 Å². The van der Waals surface area contributed by atoms with Crippen molar-refractivity contribution in [2.75, 3.05) is 6.54 Å². The van der Waals surface area contributed by atoms with E-state index < -0.39 is 35.8 Å². The van der Waals surface area contributed by atoms with E-state index in [4.69, 9.17) is 11.5 Å². The molecule has 0 heterocycles. The normalized spacial score (nSPS) is 16.6. The minimum Gasteiger partial charge on any atom is -0.386 e. The van der Waals surface area contributed by atoms with Gasteiger partial charge in [-0.05, 0) is 39.5 Å². The summed E-state index contributed by atoms with van der Waals surface area (Å²) in [5.74, 6) is -1.57. The Balaban J connectivity index is 2.63. The average molecular weight is 396 g/mol. The maximum atomic E-state index is 12.4. The lowest BCUT2D eigenvalue weighted by atomic mass is 9.84. The van der Waals surface area contributed by atoms with Crippen LogP contribution in [-0.2, 0) is 19.2 Å². The Morgan fingerprint density at radius 2 is 1.64 bits per heavy atom. The molecule has 1 aliphatic rings. The summed E-state index contributed by atoms with van der Waals surface area (Å²) in [7, 11) is 0. The van der Waals surface area contributed by atoms with Crippen LogP contribution < -0.4 is 32.7 Å². The molecule has 1 aliphatic carbocycles. The monoisotopic (exact) mass is 396 g/mol. The van der Waals surface area contributed by atoms with Crippen LogP contribution in [0.15, 0.2) is 12.4 Å². The average Bonchev–Trinajstić information content (AvgIpc) is 2.54. The standard InChI is InChI=1S/C18H32N6O4/c1-10(15(20)25)22-18(28)14(8-5-9-21-12(3)19)24-16(26)11(2)23-17(27)13-6-4-7-13/h10-11,13-14,21H,3-9,19H2,1-2H3,(H2,20,25)(H,22,28)(H,23,27)(H,24,26)/t10-,11-,14-/m0/s1. The van der Waals surface area contributed by atoms with Gasteiger partial charge in [0.1, 0.15) is 18.1 Å². The molecular weight excluding hydrogens is 364 g/mol. The molecule has 10 nitrogen and oxygen atoms in total. The summed E-state index contributed by atoms with van der Waals surface area (Å²) < 4.78 is 0. The summed E-state index contributed by atoms with van der Waals surface area (Å²) in [5, 5.41) is 10.6. The van der Waals surface area contributed by atoms with Gasteiger partial charge in [0, 0.05) is 12.5 Å². The van der Waals surface area contributed by atoms with Gasteiger partial charge in [0.15, 0.2) is 0 Å². The Labute approximate surface area is 165 Å². The molecule has 0 aliphatic heterocycles. The molecule has 1 fully saturated rings. The molecule has 1 saturated carbocycles. The van der Waals surface area contributed by atoms with Gasteiger partial charge in [0.2, 0.25) is 23.6 Å². The first-order chi connectivity index (χ1) is 13.1. The summed E-state index contributed by atoms with van der Waals surface area (Å²) in [4.78, 5) is 48.1. The van der Waals surface area contributed by atoms with Crippen molar-refractivity contribution < 1.29 is 19.2 Å². The molecular formula is C18H32N6O4. The lowest BCUT2D eigenvalue weighted by Crippen LogP contribution is -2.55. The fourth-order valence-corrected chi connectivity index (χ4v) is 2.57. The van der Waals surface area contributed by atoms with Gasteiger partial charge in [-0.15, -0.1) is 0 Å². The van der Waals surface area contributed by atoms with Crippen molar-refractivity contribution in [1.29, 1.82) is 0 Å². The van der Waals surface area contributed by atoms with Crippen LogP contribution in [0.1, 0.15) is 46.0 Å². The van der Waals surface area contributed by atoms with Crippen LogP contribution in [0.25, 0.3) is 0 Å². The summed E-state index contributed by atoms with van der Waals surface area (Å²) in [6.45, 7) is 7.00. The van der Waals surface area contributed by atoms with Crippen molar-refractivity contribution in [3.63, 3.8) is 0 Å². The Bertz CT molecular complexity index is 605. The zero-order chi connectivity index (χ0) is 21.3. The molecule has 0 bridgehead atoms. The number of hydrogen-bond acceptors (Lipinski definition) is 6. The number of nitrogens with two attached hydrogens (primary N) is 2. The zero-order valence-electron chi connectivity index (χ0n) is 16.5. The second-order valence-corrected chi connectivity index (χ2v) is 7.15. The summed E-state index contributed by atoms with van der Waals surface area (Å²) in [6.07, 6.45) is 3.49. The molecule has 4 amide bonds. The molecule has 1 rings (SSSR count). The third-order valence-corrected chi connectivity index (χ3v) is 4.67. The molecule has 28 heavy (non-hydrogen) atoms. The van der Waals surface area contributed by atoms with Gasteiger partial charge in [0.05, 0.1) is 5.82 Å². The molecule has 0 aromatic heterocycles. The Kier molecular flexibility index (Phi) is 9.26. The van der Waals surface area contributed by atoms with E-state index in [9.17, 15) is 19.2 Å². The number of carbonyl (C=O) groups excluding carboxylic acids is 4. The first-order valence-corrected chi connectivity index (χ1v) is 9.50. The lowest BCUT2D eigenvalue weighted by Gasteiger charge is -2.27. The lowest BCUT2D eigenvalue weighted by molar-refractivity contribution is -0.134. The maximum Gasteiger partial charge on any atom is 0.243 e. The SMILES string of the molecule is C=C(N)NCCC[C@H](NC(=O)[C@H](C)NC(=O)C1CCC1)C(=O)N[C@@H](C)C(N)=O. The van der Waals surface area contributed by atoms with Gasteiger partial charge < -0.3 is 32.7 Å². The fourth-order valence-electron chi connectivity index (χ4n) is 2.57. The van der Waals surface area contributed by atoms with Gasteiger partial charge >= 0.3 is 0 Å². The van der Waals surface area contributed by atoms with Crippen LogP contribution in [0, 0.1) is 5.92 Å². The van der Waals surface area contributed by atoms with E-state index >= 15 is 0 Å². The molecule has 0 radical (unpaired) electrons. The quantitative estimate of drug-likeness (QED) is 0.221. The van der Waals surface area contributed by atoms with Crippen molar-refractivity contribution in [3.8, 4) is 0 Å². The molecule has 158 valence electrons. The van der Waals surface area contributed by atoms with Crippen LogP contribution in [0.5, 0.6) is 0 Å². The first kappa shape index (κ1) is 23.3. The fraction of sp³-hybridized carbons (Fsp3) is 0.667. The second kappa shape index (κ2) is 11.2. The van der Waals surface area contributed by atoms with Crippen LogP contribution in [0.3, 0.4) is 0 Å². The molecule has 0 unspecified atom stereocenters. The van der Waals surface area contributed by atoms with E-state index in [1.54, 1.807) is 6.92 Å². The van der Waals surface area contributed by atoms with Crippen molar-refractivity contribution in [1.82, 2.24) is 21.3 Å². The number of amides is 4. The second-order valence-electron chi connectivity index (χ2n) is 7.15. The predicted octanol–water partition coefficient (Wildman–Crippen LogP) is -1.43. The van der Waals surface area contributed by atoms with Crippen LogP contribution in [0.4, 0.5) is 0 Å². The van der Waals surface area contributed by atoms with E-state index in [2.05, 4.69) is 27.8 Å². The molecule has 3 atom stereocenters. The number of carbonyl (C=O) groups is 4. The van der Waals surface area contributed by atoms with Gasteiger partial charge in [-0.3, -0.25) is 19.2 Å². The molecule has 8 N–H and O–H groups in total. The van der Waals surface area contributed by atoms with Crippen LogP contribution in [0.2, 0.25) is 0 Å².